The van der Waals surface area contributed by atoms with Gasteiger partial charge < -0.3 is 29.9 Å². The molecule has 134 valence electrons. The van der Waals surface area contributed by atoms with Crippen LogP contribution >= 0.6 is 0 Å². The third-order valence-corrected chi connectivity index (χ3v) is 1.72. The standard InChI is InChI=1S/C6H14O.C4H6O4.C4H10O3/c1-3-5-7-6-4-2;5-3(6)1-2-4(7)8;5-1-3-7-4-2-6/h3-6H2,1-2H3;1-2H2,(H,5,6)(H,7,8);5-6H,1-4H2. The fourth-order valence-electron chi connectivity index (χ4n) is 0.836. The Morgan fingerprint density at radius 3 is 1.27 bits per heavy atom. The molecule has 0 aliphatic carbocycles. The predicted molar refractivity (Wildman–Crippen MR) is 80.9 cm³/mol. The van der Waals surface area contributed by atoms with Crippen LogP contribution in [0.3, 0.4) is 0 Å². The van der Waals surface area contributed by atoms with Crippen molar-refractivity contribution in [2.75, 3.05) is 39.6 Å². The Labute approximate surface area is 131 Å². The summed E-state index contributed by atoms with van der Waals surface area (Å²) in [5, 5.41) is 32.0. The average molecular weight is 326 g/mol. The van der Waals surface area contributed by atoms with Gasteiger partial charge in [0.05, 0.1) is 39.3 Å². The molecular formula is C14H30O8. The van der Waals surface area contributed by atoms with Crippen molar-refractivity contribution in [3.05, 3.63) is 0 Å². The lowest BCUT2D eigenvalue weighted by atomic mass is 10.3. The number of hydrogen-bond acceptors (Lipinski definition) is 6. The Morgan fingerprint density at radius 1 is 0.727 bits per heavy atom. The number of carboxylic acids is 2. The van der Waals surface area contributed by atoms with Gasteiger partial charge >= 0.3 is 11.9 Å². The first-order chi connectivity index (χ1) is 10.5. The van der Waals surface area contributed by atoms with Gasteiger partial charge in [-0.2, -0.15) is 0 Å². The quantitative estimate of drug-likeness (QED) is 0.409. The van der Waals surface area contributed by atoms with Gasteiger partial charge in [-0.25, -0.2) is 0 Å². The summed E-state index contributed by atoms with van der Waals surface area (Å²) in [5.74, 6) is -2.15. The van der Waals surface area contributed by atoms with Crippen LogP contribution in [-0.4, -0.2) is 72.0 Å². The molecule has 4 N–H and O–H groups in total. The van der Waals surface area contributed by atoms with Crippen molar-refractivity contribution in [2.24, 2.45) is 0 Å². The number of aliphatic hydroxyl groups excluding tert-OH is 2. The molecule has 0 heterocycles. The molecule has 0 aromatic heterocycles. The Morgan fingerprint density at radius 2 is 1.05 bits per heavy atom. The maximum Gasteiger partial charge on any atom is 0.303 e. The molecule has 0 aliphatic rings. The normalized spacial score (nSPS) is 9.09. The second-order valence-corrected chi connectivity index (χ2v) is 3.96. The van der Waals surface area contributed by atoms with Crippen LogP contribution in [-0.2, 0) is 19.1 Å². The van der Waals surface area contributed by atoms with Crippen LogP contribution in [0.15, 0.2) is 0 Å². The van der Waals surface area contributed by atoms with Gasteiger partial charge in [-0.3, -0.25) is 9.59 Å². The van der Waals surface area contributed by atoms with E-state index in [0.717, 1.165) is 26.1 Å². The minimum absolute atomic E-state index is 0.0278. The van der Waals surface area contributed by atoms with Gasteiger partial charge in [0.15, 0.2) is 0 Å². The molecule has 0 radical (unpaired) electrons. The highest BCUT2D eigenvalue weighted by atomic mass is 16.5. The minimum Gasteiger partial charge on any atom is -0.481 e. The highest BCUT2D eigenvalue weighted by Gasteiger charge is 2.00. The summed E-state index contributed by atoms with van der Waals surface area (Å²) in [4.78, 5) is 19.3. The lowest BCUT2D eigenvalue weighted by molar-refractivity contribution is -0.143. The lowest BCUT2D eigenvalue weighted by Crippen LogP contribution is -2.03. The van der Waals surface area contributed by atoms with Crippen molar-refractivity contribution in [1.82, 2.24) is 0 Å². The highest BCUT2D eigenvalue weighted by molar-refractivity contribution is 5.75. The van der Waals surface area contributed by atoms with Gasteiger partial charge in [0.1, 0.15) is 0 Å². The zero-order valence-corrected chi connectivity index (χ0v) is 13.5. The topological polar surface area (TPSA) is 134 Å². The maximum atomic E-state index is 9.64. The summed E-state index contributed by atoms with van der Waals surface area (Å²) in [6.07, 6.45) is 1.69. The van der Waals surface area contributed by atoms with Crippen molar-refractivity contribution in [2.45, 2.75) is 39.5 Å². The van der Waals surface area contributed by atoms with Crippen molar-refractivity contribution in [3.63, 3.8) is 0 Å². The van der Waals surface area contributed by atoms with Crippen molar-refractivity contribution in [1.29, 1.82) is 0 Å². The maximum absolute atomic E-state index is 9.64. The molecule has 0 bridgehead atoms. The number of hydrogen-bond donors (Lipinski definition) is 4. The first kappa shape index (κ1) is 25.7. The number of rotatable bonds is 11. The number of aliphatic carboxylic acids is 2. The molecule has 0 aromatic rings. The van der Waals surface area contributed by atoms with E-state index in [2.05, 4.69) is 18.6 Å². The summed E-state index contributed by atoms with van der Waals surface area (Å²) < 4.78 is 9.76. The molecule has 0 fully saturated rings. The van der Waals surface area contributed by atoms with Gasteiger partial charge in [0.2, 0.25) is 0 Å². The fourth-order valence-corrected chi connectivity index (χ4v) is 0.836. The van der Waals surface area contributed by atoms with E-state index in [0.29, 0.717) is 13.2 Å². The van der Waals surface area contributed by atoms with Crippen LogP contribution in [0, 0.1) is 0 Å². The van der Waals surface area contributed by atoms with Gasteiger partial charge in [-0.15, -0.1) is 0 Å². The first-order valence-corrected chi connectivity index (χ1v) is 7.26. The number of ether oxygens (including phenoxy) is 2. The zero-order chi connectivity index (χ0) is 17.6. The molecule has 0 amide bonds. The van der Waals surface area contributed by atoms with Crippen LogP contribution in [0.1, 0.15) is 39.5 Å². The van der Waals surface area contributed by atoms with Crippen molar-refractivity contribution in [3.8, 4) is 0 Å². The number of carboxylic acid groups (broad SMARTS) is 2. The van der Waals surface area contributed by atoms with Crippen LogP contribution in [0.4, 0.5) is 0 Å². The van der Waals surface area contributed by atoms with Crippen LogP contribution in [0.2, 0.25) is 0 Å². The van der Waals surface area contributed by atoms with Gasteiger partial charge in [-0.1, -0.05) is 13.8 Å². The zero-order valence-electron chi connectivity index (χ0n) is 13.5. The molecular weight excluding hydrogens is 296 g/mol. The molecule has 0 saturated heterocycles. The molecule has 0 spiro atoms. The largest absolute Gasteiger partial charge is 0.481 e. The summed E-state index contributed by atoms with van der Waals surface area (Å²) in [7, 11) is 0. The number of aliphatic hydroxyl groups is 2. The van der Waals surface area contributed by atoms with Crippen LogP contribution in [0.5, 0.6) is 0 Å². The number of carbonyl (C=O) groups is 2. The molecule has 8 heteroatoms. The van der Waals surface area contributed by atoms with Crippen molar-refractivity contribution < 1.29 is 39.5 Å². The van der Waals surface area contributed by atoms with E-state index >= 15 is 0 Å². The van der Waals surface area contributed by atoms with E-state index in [-0.39, 0.29) is 26.1 Å². The smallest absolute Gasteiger partial charge is 0.303 e. The summed E-state index contributed by atoms with van der Waals surface area (Å²) in [6.45, 7) is 6.79. The molecule has 0 aromatic carbocycles. The fraction of sp³-hybridized carbons (Fsp3) is 0.857. The minimum atomic E-state index is -1.08. The lowest BCUT2D eigenvalue weighted by Gasteiger charge is -1.95. The van der Waals surface area contributed by atoms with Crippen molar-refractivity contribution >= 4 is 11.9 Å². The second kappa shape index (κ2) is 24.8. The molecule has 22 heavy (non-hydrogen) atoms. The molecule has 0 rings (SSSR count). The summed E-state index contributed by atoms with van der Waals surface area (Å²) >= 11 is 0. The van der Waals surface area contributed by atoms with Gasteiger partial charge in [0, 0.05) is 13.2 Å². The van der Waals surface area contributed by atoms with E-state index in [4.69, 9.17) is 25.2 Å². The van der Waals surface area contributed by atoms with Gasteiger partial charge in [-0.05, 0) is 12.8 Å². The van der Waals surface area contributed by atoms with Gasteiger partial charge in [0.25, 0.3) is 0 Å². The monoisotopic (exact) mass is 326 g/mol. The Hall–Kier alpha value is -1.22. The predicted octanol–water partition coefficient (Wildman–Crippen LogP) is 0.746. The average Bonchev–Trinajstić information content (AvgIpc) is 2.48. The first-order valence-electron chi connectivity index (χ1n) is 7.26. The molecule has 0 saturated carbocycles. The Balaban J connectivity index is -0.000000247. The van der Waals surface area contributed by atoms with Crippen LogP contribution < -0.4 is 0 Å². The summed E-state index contributed by atoms with van der Waals surface area (Å²) in [6, 6.07) is 0. The second-order valence-electron chi connectivity index (χ2n) is 3.96. The van der Waals surface area contributed by atoms with E-state index in [9.17, 15) is 9.59 Å². The Bertz CT molecular complexity index is 201. The molecule has 0 aliphatic heterocycles. The molecule has 0 unspecified atom stereocenters. The molecule has 8 nitrogen and oxygen atoms in total. The van der Waals surface area contributed by atoms with E-state index in [1.807, 2.05) is 0 Å². The SMILES string of the molecule is CCCOCCC.O=C(O)CCC(=O)O.OCCOCCO. The highest BCUT2D eigenvalue weighted by Crippen LogP contribution is 1.86. The third kappa shape index (κ3) is 42.8. The van der Waals surface area contributed by atoms with Crippen LogP contribution in [0.25, 0.3) is 0 Å². The Kier molecular flexibility index (Phi) is 29.0. The summed E-state index contributed by atoms with van der Waals surface area (Å²) in [5.41, 5.74) is 0. The third-order valence-electron chi connectivity index (χ3n) is 1.72. The molecule has 0 atom stereocenters. The van der Waals surface area contributed by atoms with E-state index in [1.165, 1.54) is 0 Å². The van der Waals surface area contributed by atoms with E-state index in [1.54, 1.807) is 0 Å². The van der Waals surface area contributed by atoms with E-state index < -0.39 is 11.9 Å².